The minimum atomic E-state index is 0.712. The number of nitrogens with zero attached hydrogens (tertiary/aromatic N) is 1. The second-order valence-corrected chi connectivity index (χ2v) is 6.74. The van der Waals surface area contributed by atoms with Gasteiger partial charge in [0.15, 0.2) is 0 Å². The Kier molecular flexibility index (Phi) is 3.35. The number of fused-ring (bicyclic) bond motifs is 1. The van der Waals surface area contributed by atoms with Crippen LogP contribution in [0, 0.1) is 11.8 Å². The molecule has 2 aromatic rings. The highest BCUT2D eigenvalue weighted by Crippen LogP contribution is 2.33. The quantitative estimate of drug-likeness (QED) is 0.904. The van der Waals surface area contributed by atoms with Gasteiger partial charge in [-0.15, -0.1) is 11.3 Å². The van der Waals surface area contributed by atoms with Crippen molar-refractivity contribution in [3.05, 3.63) is 29.3 Å². The van der Waals surface area contributed by atoms with Crippen LogP contribution in [0.25, 0.3) is 10.2 Å². The molecule has 1 aliphatic carbocycles. The minimum Gasteiger partial charge on any atom is -0.308 e. The summed E-state index contributed by atoms with van der Waals surface area (Å²) in [5.41, 5.74) is 1.13. The van der Waals surface area contributed by atoms with E-state index in [4.69, 9.17) is 0 Å². The van der Waals surface area contributed by atoms with Crippen molar-refractivity contribution in [2.24, 2.45) is 11.8 Å². The predicted octanol–water partition coefficient (Wildman–Crippen LogP) is 3.82. The zero-order valence-corrected chi connectivity index (χ0v) is 11.8. The molecule has 1 aromatic heterocycles. The van der Waals surface area contributed by atoms with Crippen LogP contribution < -0.4 is 5.32 Å². The molecule has 0 spiro atoms. The molecule has 0 atom stereocenters. The Morgan fingerprint density at radius 3 is 2.83 bits per heavy atom. The van der Waals surface area contributed by atoms with Crippen LogP contribution >= 0.6 is 11.3 Å². The average Bonchev–Trinajstić information content (AvgIpc) is 2.68. The number of aromatic nitrogens is 1. The molecule has 1 heterocycles. The molecule has 1 N–H and O–H groups in total. The maximum Gasteiger partial charge on any atom is 0.108 e. The van der Waals surface area contributed by atoms with Gasteiger partial charge in [-0.1, -0.05) is 26.0 Å². The summed E-state index contributed by atoms with van der Waals surface area (Å²) in [6.07, 6.45) is 2.67. The molecule has 1 fully saturated rings. The van der Waals surface area contributed by atoms with Crippen LogP contribution in [0.4, 0.5) is 0 Å². The topological polar surface area (TPSA) is 24.9 Å². The molecule has 0 saturated heterocycles. The summed E-state index contributed by atoms with van der Waals surface area (Å²) < 4.78 is 1.29. The van der Waals surface area contributed by atoms with Crippen LogP contribution in [0.5, 0.6) is 0 Å². The first-order valence-electron chi connectivity index (χ1n) is 6.80. The van der Waals surface area contributed by atoms with Crippen LogP contribution in [0.1, 0.15) is 31.7 Å². The van der Waals surface area contributed by atoms with Crippen LogP contribution in [0.2, 0.25) is 0 Å². The van der Waals surface area contributed by atoms with Crippen LogP contribution in [-0.2, 0) is 6.54 Å². The lowest BCUT2D eigenvalue weighted by molar-refractivity contribution is 0.167. The predicted molar refractivity (Wildman–Crippen MR) is 77.8 cm³/mol. The van der Waals surface area contributed by atoms with E-state index >= 15 is 0 Å². The molecule has 96 valence electrons. The molecule has 0 unspecified atom stereocenters. The van der Waals surface area contributed by atoms with Crippen molar-refractivity contribution < 1.29 is 0 Å². The maximum atomic E-state index is 4.65. The smallest absolute Gasteiger partial charge is 0.108 e. The Labute approximate surface area is 112 Å². The van der Waals surface area contributed by atoms with Crippen molar-refractivity contribution in [2.75, 3.05) is 0 Å². The zero-order chi connectivity index (χ0) is 12.5. The van der Waals surface area contributed by atoms with Gasteiger partial charge in [0.1, 0.15) is 5.01 Å². The Morgan fingerprint density at radius 2 is 2.11 bits per heavy atom. The van der Waals surface area contributed by atoms with E-state index in [9.17, 15) is 0 Å². The lowest BCUT2D eigenvalue weighted by Crippen LogP contribution is -2.42. The van der Waals surface area contributed by atoms with Crippen LogP contribution in [0.15, 0.2) is 24.3 Å². The van der Waals surface area contributed by atoms with Gasteiger partial charge in [-0.3, -0.25) is 0 Å². The molecule has 0 radical (unpaired) electrons. The molecule has 3 heteroatoms. The fourth-order valence-electron chi connectivity index (χ4n) is 2.60. The average molecular weight is 260 g/mol. The normalized spacial score (nSPS) is 23.5. The van der Waals surface area contributed by atoms with Crippen molar-refractivity contribution in [1.82, 2.24) is 10.3 Å². The second-order valence-electron chi connectivity index (χ2n) is 5.63. The number of para-hydroxylation sites is 1. The lowest BCUT2D eigenvalue weighted by Gasteiger charge is -2.38. The van der Waals surface area contributed by atoms with Gasteiger partial charge in [0.25, 0.3) is 0 Å². The maximum absolute atomic E-state index is 4.65. The molecule has 1 aromatic carbocycles. The van der Waals surface area contributed by atoms with E-state index < -0.39 is 0 Å². The summed E-state index contributed by atoms with van der Waals surface area (Å²) in [6, 6.07) is 9.08. The van der Waals surface area contributed by atoms with E-state index in [1.165, 1.54) is 22.5 Å². The Bertz CT molecular complexity index is 493. The molecule has 0 bridgehead atoms. The number of benzene rings is 1. The van der Waals surface area contributed by atoms with Crippen LogP contribution in [-0.4, -0.2) is 11.0 Å². The van der Waals surface area contributed by atoms with Crippen molar-refractivity contribution in [3.63, 3.8) is 0 Å². The van der Waals surface area contributed by atoms with Gasteiger partial charge in [-0.2, -0.15) is 0 Å². The summed E-state index contributed by atoms with van der Waals surface area (Å²) >= 11 is 1.81. The summed E-state index contributed by atoms with van der Waals surface area (Å²) in [5, 5.41) is 4.84. The first-order chi connectivity index (χ1) is 8.72. The van der Waals surface area contributed by atoms with E-state index in [2.05, 4.69) is 48.4 Å². The third kappa shape index (κ3) is 2.43. The van der Waals surface area contributed by atoms with Crippen LogP contribution in [0.3, 0.4) is 0 Å². The molecule has 0 aliphatic heterocycles. The number of nitrogens with one attached hydrogen (secondary N) is 1. The molecular formula is C15H20N2S. The zero-order valence-electron chi connectivity index (χ0n) is 11.0. The van der Waals surface area contributed by atoms with Gasteiger partial charge in [-0.25, -0.2) is 4.98 Å². The van der Waals surface area contributed by atoms with Gasteiger partial charge in [0.2, 0.25) is 0 Å². The third-order valence-electron chi connectivity index (χ3n) is 4.00. The monoisotopic (exact) mass is 260 g/mol. The van der Waals surface area contributed by atoms with Gasteiger partial charge < -0.3 is 5.32 Å². The fourth-order valence-corrected chi connectivity index (χ4v) is 3.52. The van der Waals surface area contributed by atoms with E-state index in [-0.39, 0.29) is 0 Å². The SMILES string of the molecule is CC(C)C1CC(NCc2nc3ccccc3s2)C1. The Hall–Kier alpha value is -0.930. The van der Waals surface area contributed by atoms with E-state index in [1.807, 2.05) is 11.3 Å². The third-order valence-corrected chi connectivity index (χ3v) is 5.03. The van der Waals surface area contributed by atoms with Gasteiger partial charge in [0, 0.05) is 12.6 Å². The highest BCUT2D eigenvalue weighted by Gasteiger charge is 2.30. The van der Waals surface area contributed by atoms with E-state index in [0.717, 1.165) is 23.9 Å². The number of thiazole rings is 1. The number of rotatable bonds is 4. The van der Waals surface area contributed by atoms with Gasteiger partial charge in [0.05, 0.1) is 10.2 Å². The fraction of sp³-hybridized carbons (Fsp3) is 0.533. The molecule has 18 heavy (non-hydrogen) atoms. The van der Waals surface area contributed by atoms with Gasteiger partial charge >= 0.3 is 0 Å². The highest BCUT2D eigenvalue weighted by atomic mass is 32.1. The summed E-state index contributed by atoms with van der Waals surface area (Å²) in [6.45, 7) is 5.58. The molecule has 3 rings (SSSR count). The van der Waals surface area contributed by atoms with Crippen molar-refractivity contribution in [2.45, 2.75) is 39.3 Å². The number of hydrogen-bond donors (Lipinski definition) is 1. The molecule has 1 saturated carbocycles. The Balaban J connectivity index is 1.55. The standard InChI is InChI=1S/C15H20N2S/c1-10(2)11-7-12(8-11)16-9-15-17-13-5-3-4-6-14(13)18-15/h3-6,10-12,16H,7-9H2,1-2H3. The minimum absolute atomic E-state index is 0.712. The van der Waals surface area contributed by atoms with Crippen molar-refractivity contribution in [1.29, 1.82) is 0 Å². The van der Waals surface area contributed by atoms with Gasteiger partial charge in [-0.05, 0) is 36.8 Å². The molecule has 0 amide bonds. The summed E-state index contributed by atoms with van der Waals surface area (Å²) in [7, 11) is 0. The molecular weight excluding hydrogens is 240 g/mol. The number of hydrogen-bond acceptors (Lipinski definition) is 3. The second kappa shape index (κ2) is 4.98. The summed E-state index contributed by atoms with van der Waals surface area (Å²) in [4.78, 5) is 4.65. The lowest BCUT2D eigenvalue weighted by atomic mass is 9.74. The highest BCUT2D eigenvalue weighted by molar-refractivity contribution is 7.18. The Morgan fingerprint density at radius 1 is 1.33 bits per heavy atom. The first-order valence-corrected chi connectivity index (χ1v) is 7.62. The summed E-state index contributed by atoms with van der Waals surface area (Å²) in [5.74, 6) is 1.77. The molecule has 1 aliphatic rings. The molecule has 2 nitrogen and oxygen atoms in total. The van der Waals surface area contributed by atoms with E-state index in [0.29, 0.717) is 6.04 Å². The van der Waals surface area contributed by atoms with Crippen molar-refractivity contribution >= 4 is 21.6 Å². The first kappa shape index (κ1) is 12.1. The van der Waals surface area contributed by atoms with E-state index in [1.54, 1.807) is 0 Å². The van der Waals surface area contributed by atoms with Crippen molar-refractivity contribution in [3.8, 4) is 0 Å². The largest absolute Gasteiger partial charge is 0.308 e.